The molecule has 0 saturated carbocycles. The van der Waals surface area contributed by atoms with Gasteiger partial charge >= 0.3 is 0 Å². The van der Waals surface area contributed by atoms with E-state index in [-0.39, 0.29) is 15.7 Å². The minimum atomic E-state index is -3.71. The smallest absolute Gasteiger partial charge is 0.224 e. The molecular weight excluding hydrogens is 310 g/mol. The fourth-order valence-corrected chi connectivity index (χ4v) is 3.82. The first kappa shape index (κ1) is 14.0. The van der Waals surface area contributed by atoms with Gasteiger partial charge in [-0.15, -0.1) is 0 Å². The monoisotopic (exact) mass is 321 g/mol. The second-order valence-electron chi connectivity index (χ2n) is 4.79. The zero-order valence-electron chi connectivity index (χ0n) is 11.4. The highest BCUT2D eigenvalue weighted by Crippen LogP contribution is 2.28. The van der Waals surface area contributed by atoms with E-state index >= 15 is 0 Å². The number of aryl methyl sites for hydroxylation is 2. The minimum absolute atomic E-state index is 0.208. The van der Waals surface area contributed by atoms with Gasteiger partial charge in [0.15, 0.2) is 5.65 Å². The van der Waals surface area contributed by atoms with Crippen molar-refractivity contribution in [1.29, 1.82) is 0 Å². The molecule has 0 unspecified atom stereocenters. The zero-order valence-corrected chi connectivity index (χ0v) is 13.0. The molecule has 0 fully saturated rings. The molecule has 108 valence electrons. The summed E-state index contributed by atoms with van der Waals surface area (Å²) >= 11 is 6.03. The van der Waals surface area contributed by atoms with Gasteiger partial charge in [-0.25, -0.2) is 22.4 Å². The lowest BCUT2D eigenvalue weighted by molar-refractivity contribution is 0.588. The van der Waals surface area contributed by atoms with Crippen LogP contribution in [-0.2, 0) is 10.0 Å². The van der Waals surface area contributed by atoms with E-state index in [2.05, 4.69) is 9.97 Å². The van der Waals surface area contributed by atoms with Crippen molar-refractivity contribution in [1.82, 2.24) is 13.9 Å². The fraction of sp³-hybridized carbons (Fsp3) is 0.143. The van der Waals surface area contributed by atoms with E-state index in [0.29, 0.717) is 10.9 Å². The van der Waals surface area contributed by atoms with Crippen LogP contribution < -0.4 is 0 Å². The minimum Gasteiger partial charge on any atom is -0.224 e. The SMILES string of the molecule is Cc1ccc(S(=O)(=O)n2cc(C)c3c(Cl)ncnc32)cc1. The largest absolute Gasteiger partial charge is 0.269 e. The van der Waals surface area contributed by atoms with Gasteiger partial charge in [-0.1, -0.05) is 29.3 Å². The molecule has 0 aliphatic carbocycles. The lowest BCUT2D eigenvalue weighted by atomic mass is 10.2. The Bertz CT molecular complexity index is 931. The molecule has 5 nitrogen and oxygen atoms in total. The molecule has 0 N–H and O–H groups in total. The average molecular weight is 322 g/mol. The van der Waals surface area contributed by atoms with Crippen LogP contribution in [-0.4, -0.2) is 22.4 Å². The first-order chi connectivity index (χ1) is 9.91. The van der Waals surface area contributed by atoms with Gasteiger partial charge in [0.05, 0.1) is 10.3 Å². The summed E-state index contributed by atoms with van der Waals surface area (Å²) in [6, 6.07) is 6.67. The van der Waals surface area contributed by atoms with Crippen molar-refractivity contribution in [3.8, 4) is 0 Å². The van der Waals surface area contributed by atoms with Gasteiger partial charge in [0.25, 0.3) is 10.0 Å². The fourth-order valence-electron chi connectivity index (χ4n) is 2.17. The molecular formula is C14H12ClN3O2S. The van der Waals surface area contributed by atoms with Crippen LogP contribution in [0, 0.1) is 13.8 Å². The molecule has 2 aromatic heterocycles. The predicted octanol–water partition coefficient (Wildman–Crippen LogP) is 2.94. The van der Waals surface area contributed by atoms with Crippen molar-refractivity contribution in [2.75, 3.05) is 0 Å². The highest BCUT2D eigenvalue weighted by molar-refractivity contribution is 7.90. The molecule has 0 radical (unpaired) electrons. The maximum atomic E-state index is 12.7. The predicted molar refractivity (Wildman–Crippen MR) is 81.0 cm³/mol. The quantitative estimate of drug-likeness (QED) is 0.681. The van der Waals surface area contributed by atoms with Gasteiger partial charge in [0.2, 0.25) is 0 Å². The van der Waals surface area contributed by atoms with Gasteiger partial charge in [-0.05, 0) is 31.5 Å². The first-order valence-corrected chi connectivity index (χ1v) is 8.03. The Hall–Kier alpha value is -1.92. The Morgan fingerprint density at radius 2 is 1.76 bits per heavy atom. The second kappa shape index (κ2) is 4.82. The molecule has 0 bridgehead atoms. The van der Waals surface area contributed by atoms with Crippen LogP contribution in [0.2, 0.25) is 5.15 Å². The number of hydrogen-bond acceptors (Lipinski definition) is 4. The highest BCUT2D eigenvalue weighted by atomic mass is 35.5. The summed E-state index contributed by atoms with van der Waals surface area (Å²) in [5.74, 6) is 0. The number of fused-ring (bicyclic) bond motifs is 1. The van der Waals surface area contributed by atoms with Crippen LogP contribution >= 0.6 is 11.6 Å². The van der Waals surface area contributed by atoms with Crippen LogP contribution in [0.5, 0.6) is 0 Å². The van der Waals surface area contributed by atoms with E-state index in [1.165, 1.54) is 12.5 Å². The van der Waals surface area contributed by atoms with E-state index in [9.17, 15) is 8.42 Å². The zero-order chi connectivity index (χ0) is 15.2. The Kier molecular flexibility index (Phi) is 3.22. The Labute approximate surface area is 127 Å². The molecule has 21 heavy (non-hydrogen) atoms. The highest BCUT2D eigenvalue weighted by Gasteiger charge is 2.22. The van der Waals surface area contributed by atoms with Gasteiger partial charge in [-0.2, -0.15) is 0 Å². The van der Waals surface area contributed by atoms with Gasteiger partial charge in [-0.3, -0.25) is 0 Å². The van der Waals surface area contributed by atoms with Crippen LogP contribution in [0.1, 0.15) is 11.1 Å². The van der Waals surface area contributed by atoms with Crippen molar-refractivity contribution in [2.24, 2.45) is 0 Å². The Morgan fingerprint density at radius 1 is 1.10 bits per heavy atom. The molecule has 7 heteroatoms. The summed E-state index contributed by atoms with van der Waals surface area (Å²) in [5.41, 5.74) is 1.99. The van der Waals surface area contributed by atoms with Gasteiger partial charge < -0.3 is 0 Å². The number of hydrogen-bond donors (Lipinski definition) is 0. The molecule has 1 aromatic carbocycles. The lowest BCUT2D eigenvalue weighted by Crippen LogP contribution is -2.12. The van der Waals surface area contributed by atoms with E-state index in [1.54, 1.807) is 31.2 Å². The molecule has 0 spiro atoms. The van der Waals surface area contributed by atoms with Crippen LogP contribution in [0.25, 0.3) is 11.0 Å². The van der Waals surface area contributed by atoms with Crippen molar-refractivity contribution in [3.63, 3.8) is 0 Å². The molecule has 0 aliphatic heterocycles. The Morgan fingerprint density at radius 3 is 2.43 bits per heavy atom. The van der Waals surface area contributed by atoms with Gasteiger partial charge in [0.1, 0.15) is 11.5 Å². The van der Waals surface area contributed by atoms with E-state index in [1.807, 2.05) is 6.92 Å². The van der Waals surface area contributed by atoms with E-state index in [4.69, 9.17) is 11.6 Å². The maximum absolute atomic E-state index is 12.7. The van der Waals surface area contributed by atoms with Crippen molar-refractivity contribution in [2.45, 2.75) is 18.7 Å². The number of aromatic nitrogens is 3. The normalized spacial score (nSPS) is 12.0. The van der Waals surface area contributed by atoms with E-state index in [0.717, 1.165) is 9.54 Å². The summed E-state index contributed by atoms with van der Waals surface area (Å²) in [5, 5.41) is 0.796. The summed E-state index contributed by atoms with van der Waals surface area (Å²) in [6.07, 6.45) is 2.77. The molecule has 3 aromatic rings. The van der Waals surface area contributed by atoms with Crippen molar-refractivity contribution < 1.29 is 8.42 Å². The second-order valence-corrected chi connectivity index (χ2v) is 6.96. The first-order valence-electron chi connectivity index (χ1n) is 6.21. The van der Waals surface area contributed by atoms with Crippen LogP contribution in [0.3, 0.4) is 0 Å². The maximum Gasteiger partial charge on any atom is 0.269 e. The topological polar surface area (TPSA) is 64.8 Å². The lowest BCUT2D eigenvalue weighted by Gasteiger charge is -2.07. The molecule has 0 atom stereocenters. The molecule has 0 saturated heterocycles. The number of nitrogens with zero attached hydrogens (tertiary/aromatic N) is 3. The van der Waals surface area contributed by atoms with Crippen LogP contribution in [0.4, 0.5) is 0 Å². The third-order valence-electron chi connectivity index (χ3n) is 3.27. The van der Waals surface area contributed by atoms with Crippen LogP contribution in [0.15, 0.2) is 41.7 Å². The van der Waals surface area contributed by atoms with Crippen molar-refractivity contribution >= 4 is 32.7 Å². The Balaban J connectivity index is 2.29. The molecule has 0 amide bonds. The number of benzene rings is 1. The summed E-state index contributed by atoms with van der Waals surface area (Å²) in [7, 11) is -3.71. The summed E-state index contributed by atoms with van der Waals surface area (Å²) < 4.78 is 26.6. The van der Waals surface area contributed by atoms with E-state index < -0.39 is 10.0 Å². The summed E-state index contributed by atoms with van der Waals surface area (Å²) in [6.45, 7) is 3.68. The molecule has 3 rings (SSSR count). The standard InChI is InChI=1S/C14H12ClN3O2S/c1-9-3-5-11(6-4-9)21(19,20)18-7-10(2)12-13(15)16-8-17-14(12)18/h3-8H,1-2H3. The third kappa shape index (κ3) is 2.20. The molecule has 2 heterocycles. The number of halogens is 1. The van der Waals surface area contributed by atoms with Crippen molar-refractivity contribution in [3.05, 3.63) is 53.1 Å². The summed E-state index contributed by atoms with van der Waals surface area (Å²) in [4.78, 5) is 8.16. The molecule has 0 aliphatic rings. The number of rotatable bonds is 2. The third-order valence-corrected chi connectivity index (χ3v) is 5.22. The van der Waals surface area contributed by atoms with Gasteiger partial charge in [0, 0.05) is 6.20 Å². The average Bonchev–Trinajstić information content (AvgIpc) is 2.79.